The first-order valence-electron chi connectivity index (χ1n) is 16.8. The quantitative estimate of drug-likeness (QED) is 0.121. The Hall–Kier alpha value is -7.22. The summed E-state index contributed by atoms with van der Waals surface area (Å²) in [6, 6.07) is 17.7. The van der Waals surface area contributed by atoms with Gasteiger partial charge in [-0.05, 0) is 23.3 Å². The molecule has 14 heteroatoms. The second-order valence-electron chi connectivity index (χ2n) is 12.1. The molecule has 0 atom stereocenters. The summed E-state index contributed by atoms with van der Waals surface area (Å²) in [5.74, 6) is -8.56. The number of fused-ring (bicyclic) bond motifs is 2. The molecule has 0 aliphatic heterocycles. The molecular formula is C42H34O14. The molecule has 0 heterocycles. The molecular weight excluding hydrogens is 728 g/mol. The molecule has 0 spiro atoms. The van der Waals surface area contributed by atoms with Crippen LogP contribution in [0.25, 0.3) is 23.3 Å². The van der Waals surface area contributed by atoms with Gasteiger partial charge in [-0.25, -0.2) is 9.59 Å². The van der Waals surface area contributed by atoms with E-state index in [-0.39, 0.29) is 58.5 Å². The van der Waals surface area contributed by atoms with Gasteiger partial charge in [-0.1, -0.05) is 60.7 Å². The van der Waals surface area contributed by atoms with Crippen LogP contribution in [0.15, 0.2) is 72.2 Å². The minimum atomic E-state index is -1.13. The number of carbonyl (C=O) groups is 6. The third-order valence-electron chi connectivity index (χ3n) is 9.09. The van der Waals surface area contributed by atoms with Crippen LogP contribution < -0.4 is 18.9 Å². The second kappa shape index (κ2) is 16.0. The molecule has 0 bridgehead atoms. The number of allylic oxidation sites excluding steroid dienone is 2. The van der Waals surface area contributed by atoms with Gasteiger partial charge < -0.3 is 37.9 Å². The van der Waals surface area contributed by atoms with Crippen molar-refractivity contribution in [1.29, 1.82) is 0 Å². The highest BCUT2D eigenvalue weighted by Gasteiger charge is 2.44. The molecule has 4 aromatic carbocycles. The van der Waals surface area contributed by atoms with E-state index in [0.29, 0.717) is 11.1 Å². The van der Waals surface area contributed by atoms with E-state index >= 15 is 0 Å². The fourth-order valence-corrected chi connectivity index (χ4v) is 6.56. The third kappa shape index (κ3) is 6.50. The Morgan fingerprint density at radius 1 is 0.446 bits per heavy atom. The lowest BCUT2D eigenvalue weighted by molar-refractivity contribution is -0.115. The molecule has 0 N–H and O–H groups in total. The van der Waals surface area contributed by atoms with Crippen molar-refractivity contribution < 1.29 is 66.7 Å². The number of esters is 2. The van der Waals surface area contributed by atoms with Crippen molar-refractivity contribution in [3.8, 4) is 34.1 Å². The van der Waals surface area contributed by atoms with Crippen molar-refractivity contribution >= 4 is 47.2 Å². The molecule has 286 valence electrons. The van der Waals surface area contributed by atoms with E-state index in [2.05, 4.69) is 0 Å². The fourth-order valence-electron chi connectivity index (χ4n) is 6.56. The summed E-state index contributed by atoms with van der Waals surface area (Å²) in [5.41, 5.74) is -0.875. The minimum Gasteiger partial charge on any atom is -0.495 e. The van der Waals surface area contributed by atoms with E-state index in [0.717, 1.165) is 14.2 Å². The highest BCUT2D eigenvalue weighted by molar-refractivity contribution is 6.53. The molecule has 0 amide bonds. The zero-order chi connectivity index (χ0) is 40.3. The predicted molar refractivity (Wildman–Crippen MR) is 198 cm³/mol. The highest BCUT2D eigenvalue weighted by Crippen LogP contribution is 2.55. The average Bonchev–Trinajstić information content (AvgIpc) is 3.23. The van der Waals surface area contributed by atoms with Gasteiger partial charge in [0.2, 0.25) is 11.6 Å². The maximum absolute atomic E-state index is 14.1. The number of Topliss-reactive ketones (excluding diaryl/α,β-unsaturated/α-hetero) is 4. The highest BCUT2D eigenvalue weighted by atomic mass is 16.5. The first kappa shape index (κ1) is 38.5. The van der Waals surface area contributed by atoms with E-state index < -0.39 is 68.8 Å². The van der Waals surface area contributed by atoms with Gasteiger partial charge in [0.1, 0.15) is 47.3 Å². The first-order chi connectivity index (χ1) is 27.1. The molecule has 56 heavy (non-hydrogen) atoms. The summed E-state index contributed by atoms with van der Waals surface area (Å²) < 4.78 is 45.5. The first-order valence-corrected chi connectivity index (χ1v) is 16.8. The van der Waals surface area contributed by atoms with Gasteiger partial charge in [0, 0.05) is 22.3 Å². The average molecular weight is 763 g/mol. The van der Waals surface area contributed by atoms with Crippen molar-refractivity contribution in [2.24, 2.45) is 0 Å². The normalized spacial score (nSPS) is 13.1. The number of hydrogen-bond acceptors (Lipinski definition) is 14. The number of ketones is 4. The molecule has 0 aromatic heterocycles. The van der Waals surface area contributed by atoms with Gasteiger partial charge in [-0.15, -0.1) is 0 Å². The summed E-state index contributed by atoms with van der Waals surface area (Å²) in [4.78, 5) is 82.9. The predicted octanol–water partition coefficient (Wildman–Crippen LogP) is 5.61. The molecule has 0 saturated carbocycles. The Morgan fingerprint density at radius 2 is 0.804 bits per heavy atom. The number of methoxy groups -OCH3 is 6. The maximum atomic E-state index is 14.1. The largest absolute Gasteiger partial charge is 0.495 e. The Kier molecular flexibility index (Phi) is 11.0. The van der Waals surface area contributed by atoms with Crippen molar-refractivity contribution in [2.75, 3.05) is 42.7 Å². The third-order valence-corrected chi connectivity index (χ3v) is 9.09. The van der Waals surface area contributed by atoms with Gasteiger partial charge in [0.05, 0.1) is 53.8 Å². The zero-order valence-electron chi connectivity index (χ0n) is 31.1. The van der Waals surface area contributed by atoms with Crippen LogP contribution in [0.1, 0.15) is 63.7 Å². The Labute approximate surface area is 320 Å². The smallest absolute Gasteiger partial charge is 0.345 e. The van der Waals surface area contributed by atoms with E-state index in [4.69, 9.17) is 37.9 Å². The van der Waals surface area contributed by atoms with Crippen LogP contribution in [0.3, 0.4) is 0 Å². The van der Waals surface area contributed by atoms with E-state index in [1.165, 1.54) is 40.6 Å². The molecule has 2 aliphatic rings. The monoisotopic (exact) mass is 762 g/mol. The minimum absolute atomic E-state index is 0.0940. The van der Waals surface area contributed by atoms with Crippen molar-refractivity contribution in [2.45, 2.75) is 13.2 Å². The fraction of sp³-hybridized carbons (Fsp3) is 0.190. The molecule has 0 unspecified atom stereocenters. The second-order valence-corrected chi connectivity index (χ2v) is 12.1. The Balaban J connectivity index is 1.91. The number of hydrogen-bond donors (Lipinski definition) is 0. The van der Waals surface area contributed by atoms with Gasteiger partial charge in [-0.3, -0.25) is 19.2 Å². The lowest BCUT2D eigenvalue weighted by Crippen LogP contribution is -2.27. The molecule has 4 aromatic rings. The lowest BCUT2D eigenvalue weighted by Gasteiger charge is -2.29. The van der Waals surface area contributed by atoms with Crippen LogP contribution in [-0.2, 0) is 41.8 Å². The summed E-state index contributed by atoms with van der Waals surface area (Å²) in [5, 5.41) is 0. The standard InChI is InChI=1S/C42H34O14/c1-49-25-17-23-27(39(55-19-21-13-9-7-10-14-21)31(41(47)53-5)37(51-3)29(23)35(45)33(25)43)28-24-18-26(50-2)34(44)36(46)30(24)38(52-4)32(42(48)54-6)40(28)56-20-22-15-11-8-12-16-22/h7-18H,19-20H2,1-6H3. The van der Waals surface area contributed by atoms with Crippen LogP contribution in [0.2, 0.25) is 0 Å². The van der Waals surface area contributed by atoms with Gasteiger partial charge in [0.25, 0.3) is 11.6 Å². The van der Waals surface area contributed by atoms with Gasteiger partial charge in [-0.2, -0.15) is 0 Å². The molecule has 14 nitrogen and oxygen atoms in total. The molecule has 0 fully saturated rings. The number of benzene rings is 4. The van der Waals surface area contributed by atoms with E-state index in [1.807, 2.05) is 0 Å². The summed E-state index contributed by atoms with van der Waals surface area (Å²) >= 11 is 0. The van der Waals surface area contributed by atoms with Crippen LogP contribution in [0, 0.1) is 0 Å². The molecule has 2 aliphatic carbocycles. The van der Waals surface area contributed by atoms with E-state index in [1.54, 1.807) is 60.7 Å². The number of ether oxygens (including phenoxy) is 8. The molecule has 0 radical (unpaired) electrons. The number of rotatable bonds is 13. The summed E-state index contributed by atoms with van der Waals surface area (Å²) in [6.07, 6.45) is 2.47. The maximum Gasteiger partial charge on any atom is 0.345 e. The SMILES string of the molecule is COC(=O)c1c(OC)c2c(c(-c3c4c(c(OC)c(C(=O)OC)c3OCc3ccccc3)C(=O)C(=O)C(OC)=C4)c1OCc1ccccc1)C=C(OC)C(=O)C2=O. The van der Waals surface area contributed by atoms with Crippen LogP contribution >= 0.6 is 0 Å². The van der Waals surface area contributed by atoms with Crippen LogP contribution in [0.4, 0.5) is 0 Å². The van der Waals surface area contributed by atoms with Crippen LogP contribution in [0.5, 0.6) is 23.0 Å². The summed E-state index contributed by atoms with van der Waals surface area (Å²) in [7, 11) is 6.93. The zero-order valence-corrected chi connectivity index (χ0v) is 31.1. The lowest BCUT2D eigenvalue weighted by atomic mass is 9.79. The summed E-state index contributed by atoms with van der Waals surface area (Å²) in [6.45, 7) is -0.376. The van der Waals surface area contributed by atoms with E-state index in [9.17, 15) is 28.8 Å². The Morgan fingerprint density at radius 3 is 1.11 bits per heavy atom. The molecule has 6 rings (SSSR count). The Bertz CT molecular complexity index is 2210. The van der Waals surface area contributed by atoms with Crippen molar-refractivity contribution in [1.82, 2.24) is 0 Å². The topological polar surface area (TPSA) is 176 Å². The van der Waals surface area contributed by atoms with Gasteiger partial charge >= 0.3 is 11.9 Å². The van der Waals surface area contributed by atoms with Crippen molar-refractivity contribution in [3.63, 3.8) is 0 Å². The molecule has 0 saturated heterocycles. The van der Waals surface area contributed by atoms with Crippen LogP contribution in [-0.4, -0.2) is 77.7 Å². The van der Waals surface area contributed by atoms with Gasteiger partial charge in [0.15, 0.2) is 11.5 Å². The number of carbonyl (C=O) groups excluding carboxylic acids is 6. The van der Waals surface area contributed by atoms with Crippen molar-refractivity contribution in [3.05, 3.63) is 117 Å².